The van der Waals surface area contributed by atoms with Crippen molar-refractivity contribution in [1.82, 2.24) is 4.90 Å². The van der Waals surface area contributed by atoms with Crippen LogP contribution in [0.15, 0.2) is 42.5 Å². The van der Waals surface area contributed by atoms with Crippen LogP contribution in [0, 0.1) is 0 Å². The van der Waals surface area contributed by atoms with Crippen LogP contribution in [0.4, 0.5) is 5.69 Å². The fourth-order valence-electron chi connectivity index (χ4n) is 3.36. The van der Waals surface area contributed by atoms with Gasteiger partial charge in [-0.2, -0.15) is 0 Å². The lowest BCUT2D eigenvalue weighted by atomic mass is 10.0. The summed E-state index contributed by atoms with van der Waals surface area (Å²) in [5.74, 6) is 1.05. The number of nitrogens with zero attached hydrogens (tertiary/aromatic N) is 1. The third-order valence-corrected chi connectivity index (χ3v) is 4.98. The first-order chi connectivity index (χ1) is 12.1. The largest absolute Gasteiger partial charge is 0.495 e. The van der Waals surface area contributed by atoms with Gasteiger partial charge in [-0.3, -0.25) is 4.79 Å². The monoisotopic (exact) mass is 358 g/mol. The van der Waals surface area contributed by atoms with Gasteiger partial charge >= 0.3 is 0 Å². The fraction of sp³-hybridized carbons (Fsp3) is 0.350. The Morgan fingerprint density at radius 2 is 1.92 bits per heavy atom. The van der Waals surface area contributed by atoms with Crippen molar-refractivity contribution in [3.63, 3.8) is 0 Å². The van der Waals surface area contributed by atoms with E-state index in [2.05, 4.69) is 17.4 Å². The highest BCUT2D eigenvalue weighted by molar-refractivity contribution is 6.30. The van der Waals surface area contributed by atoms with E-state index in [9.17, 15) is 4.79 Å². The first-order valence-corrected chi connectivity index (χ1v) is 8.87. The van der Waals surface area contributed by atoms with Crippen molar-refractivity contribution in [2.45, 2.75) is 31.8 Å². The molecule has 132 valence electrons. The lowest BCUT2D eigenvalue weighted by molar-refractivity contribution is -0.129. The van der Waals surface area contributed by atoms with E-state index in [1.165, 1.54) is 5.56 Å². The molecule has 1 atom stereocenters. The Hall–Kier alpha value is -2.20. The number of carbonyl (C=O) groups excluding carboxylic acids is 1. The Labute approximate surface area is 153 Å². The summed E-state index contributed by atoms with van der Waals surface area (Å²) in [6.07, 6.45) is 2.36. The molecule has 2 aromatic carbocycles. The van der Waals surface area contributed by atoms with Crippen molar-refractivity contribution in [2.75, 3.05) is 19.5 Å². The smallest absolute Gasteiger partial charge is 0.223 e. The third-order valence-electron chi connectivity index (χ3n) is 4.72. The second-order valence-electron chi connectivity index (χ2n) is 6.33. The van der Waals surface area contributed by atoms with Crippen LogP contribution in [-0.2, 0) is 17.8 Å². The molecule has 1 N–H and O–H groups in total. The minimum Gasteiger partial charge on any atom is -0.495 e. The van der Waals surface area contributed by atoms with E-state index in [1.54, 1.807) is 7.11 Å². The van der Waals surface area contributed by atoms with E-state index in [-0.39, 0.29) is 11.9 Å². The molecular formula is C20H23ClN2O2. The number of nitrogens with one attached hydrogen (secondary N) is 1. The normalized spacial score (nSPS) is 17.0. The minimum absolute atomic E-state index is 0.223. The first kappa shape index (κ1) is 17.6. The topological polar surface area (TPSA) is 41.6 Å². The summed E-state index contributed by atoms with van der Waals surface area (Å²) in [6, 6.07) is 14.1. The maximum atomic E-state index is 12.3. The summed E-state index contributed by atoms with van der Waals surface area (Å²) in [5, 5.41) is 3.87. The zero-order chi connectivity index (χ0) is 17.8. The van der Waals surface area contributed by atoms with Gasteiger partial charge in [0, 0.05) is 31.1 Å². The molecule has 5 heteroatoms. The van der Waals surface area contributed by atoms with E-state index in [1.807, 2.05) is 42.3 Å². The maximum Gasteiger partial charge on any atom is 0.223 e. The third kappa shape index (κ3) is 4.07. The zero-order valence-electron chi connectivity index (χ0n) is 14.6. The van der Waals surface area contributed by atoms with Crippen LogP contribution in [0.3, 0.4) is 0 Å². The zero-order valence-corrected chi connectivity index (χ0v) is 15.3. The summed E-state index contributed by atoms with van der Waals surface area (Å²) in [6.45, 7) is 0.635. The molecule has 4 nitrogen and oxygen atoms in total. The number of benzene rings is 2. The van der Waals surface area contributed by atoms with Gasteiger partial charge < -0.3 is 15.0 Å². The second kappa shape index (κ2) is 7.79. The van der Waals surface area contributed by atoms with Crippen molar-refractivity contribution >= 4 is 23.2 Å². The van der Waals surface area contributed by atoms with Crippen LogP contribution in [-0.4, -0.2) is 31.0 Å². The van der Waals surface area contributed by atoms with Crippen LogP contribution >= 0.6 is 11.6 Å². The quantitative estimate of drug-likeness (QED) is 0.844. The van der Waals surface area contributed by atoms with Gasteiger partial charge in [0.25, 0.3) is 0 Å². The average Bonchev–Trinajstić information content (AvgIpc) is 2.96. The summed E-state index contributed by atoms with van der Waals surface area (Å²) in [4.78, 5) is 14.3. The van der Waals surface area contributed by atoms with Crippen molar-refractivity contribution in [3.05, 3.63) is 58.6 Å². The predicted octanol–water partition coefficient (Wildman–Crippen LogP) is 4.12. The number of halogens is 1. The SMILES string of the molecule is CNc1cc(CC2CCC(=O)N2Cc2ccc(Cl)cc2)ccc1OC. The number of anilines is 1. The number of methoxy groups -OCH3 is 1. The molecule has 1 saturated heterocycles. The van der Waals surface area contributed by atoms with Gasteiger partial charge in [0.05, 0.1) is 12.8 Å². The molecule has 0 aromatic heterocycles. The highest BCUT2D eigenvalue weighted by atomic mass is 35.5. The molecule has 1 fully saturated rings. The molecular weight excluding hydrogens is 336 g/mol. The lowest BCUT2D eigenvalue weighted by Crippen LogP contribution is -2.33. The second-order valence-corrected chi connectivity index (χ2v) is 6.77. The first-order valence-electron chi connectivity index (χ1n) is 8.49. The van der Waals surface area contributed by atoms with Crippen molar-refractivity contribution < 1.29 is 9.53 Å². The lowest BCUT2D eigenvalue weighted by Gasteiger charge is -2.25. The molecule has 25 heavy (non-hydrogen) atoms. The molecule has 1 unspecified atom stereocenters. The Bertz CT molecular complexity index is 746. The molecule has 0 saturated carbocycles. The Morgan fingerprint density at radius 3 is 2.60 bits per heavy atom. The van der Waals surface area contributed by atoms with Gasteiger partial charge in [-0.15, -0.1) is 0 Å². The van der Waals surface area contributed by atoms with E-state index >= 15 is 0 Å². The number of hydrogen-bond acceptors (Lipinski definition) is 3. The standard InChI is InChI=1S/C20H23ClN2O2/c1-22-18-12-15(5-9-19(18)25-2)11-17-8-10-20(24)23(17)13-14-3-6-16(21)7-4-14/h3-7,9,12,17,22H,8,10-11,13H2,1-2H3. The molecule has 0 spiro atoms. The van der Waals surface area contributed by atoms with Crippen LogP contribution in [0.1, 0.15) is 24.0 Å². The molecule has 0 bridgehead atoms. The molecule has 0 aliphatic carbocycles. The van der Waals surface area contributed by atoms with E-state index < -0.39 is 0 Å². The number of rotatable bonds is 6. The Balaban J connectivity index is 1.74. The Kier molecular flexibility index (Phi) is 5.49. The van der Waals surface area contributed by atoms with Crippen LogP contribution in [0.5, 0.6) is 5.75 Å². The molecule has 1 heterocycles. The minimum atomic E-state index is 0.223. The van der Waals surface area contributed by atoms with Crippen LogP contribution in [0.25, 0.3) is 0 Å². The molecule has 1 aliphatic rings. The highest BCUT2D eigenvalue weighted by Gasteiger charge is 2.30. The van der Waals surface area contributed by atoms with Gasteiger partial charge in [0.15, 0.2) is 0 Å². The number of likely N-dealkylation sites (tertiary alicyclic amines) is 1. The molecule has 3 rings (SSSR count). The molecule has 1 aliphatic heterocycles. The number of carbonyl (C=O) groups is 1. The summed E-state index contributed by atoms with van der Waals surface area (Å²) in [5.41, 5.74) is 3.27. The molecule has 2 aromatic rings. The summed E-state index contributed by atoms with van der Waals surface area (Å²) >= 11 is 5.95. The number of amides is 1. The van der Waals surface area contributed by atoms with Gasteiger partial charge in [-0.05, 0) is 48.2 Å². The van der Waals surface area contributed by atoms with Crippen molar-refractivity contribution in [2.24, 2.45) is 0 Å². The average molecular weight is 359 g/mol. The number of hydrogen-bond donors (Lipinski definition) is 1. The van der Waals surface area contributed by atoms with Gasteiger partial charge in [-0.25, -0.2) is 0 Å². The van der Waals surface area contributed by atoms with Crippen LogP contribution in [0.2, 0.25) is 5.02 Å². The fourth-order valence-corrected chi connectivity index (χ4v) is 3.48. The molecule has 0 radical (unpaired) electrons. The van der Waals surface area contributed by atoms with E-state index in [4.69, 9.17) is 16.3 Å². The van der Waals surface area contributed by atoms with Gasteiger partial charge in [0.1, 0.15) is 5.75 Å². The summed E-state index contributed by atoms with van der Waals surface area (Å²) in [7, 11) is 3.55. The maximum absolute atomic E-state index is 12.3. The van der Waals surface area contributed by atoms with Crippen molar-refractivity contribution in [1.29, 1.82) is 0 Å². The van der Waals surface area contributed by atoms with E-state index in [0.717, 1.165) is 29.8 Å². The van der Waals surface area contributed by atoms with Gasteiger partial charge in [-0.1, -0.05) is 29.8 Å². The Morgan fingerprint density at radius 1 is 1.20 bits per heavy atom. The van der Waals surface area contributed by atoms with Crippen molar-refractivity contribution in [3.8, 4) is 5.75 Å². The van der Waals surface area contributed by atoms with Gasteiger partial charge in [0.2, 0.25) is 5.91 Å². The van der Waals surface area contributed by atoms with E-state index in [0.29, 0.717) is 18.0 Å². The highest BCUT2D eigenvalue weighted by Crippen LogP contribution is 2.29. The molecule has 1 amide bonds. The summed E-state index contributed by atoms with van der Waals surface area (Å²) < 4.78 is 5.35. The number of ether oxygens (including phenoxy) is 1. The predicted molar refractivity (Wildman–Crippen MR) is 101 cm³/mol. The van der Waals surface area contributed by atoms with Crippen LogP contribution < -0.4 is 10.1 Å².